The average Bonchev–Trinajstić information content (AvgIpc) is 2.91. The number of rotatable bonds is 7. The lowest BCUT2D eigenvalue weighted by atomic mass is 10.00. The first-order valence-corrected chi connectivity index (χ1v) is 8.13. The third-order valence-corrected chi connectivity index (χ3v) is 4.01. The van der Waals surface area contributed by atoms with E-state index in [4.69, 9.17) is 4.52 Å². The number of carbonyl (C=O) groups is 1. The fourth-order valence-corrected chi connectivity index (χ4v) is 2.82. The zero-order valence-corrected chi connectivity index (χ0v) is 14.5. The molecule has 0 fully saturated rings. The molecule has 2 N–H and O–H groups in total. The van der Waals surface area contributed by atoms with Crippen LogP contribution in [0.5, 0.6) is 0 Å². The Bertz CT molecular complexity index is 635. The Kier molecular flexibility index (Phi) is 6.37. The number of urea groups is 1. The summed E-state index contributed by atoms with van der Waals surface area (Å²) in [6.45, 7) is 6.98. The van der Waals surface area contributed by atoms with Crippen molar-refractivity contribution in [3.05, 3.63) is 52.9 Å². The third-order valence-electron chi connectivity index (χ3n) is 4.01. The lowest BCUT2D eigenvalue weighted by Crippen LogP contribution is -2.42. The number of hydrogen-bond donors (Lipinski definition) is 2. The maximum Gasteiger partial charge on any atom is 0.317 e. The fraction of sp³-hybridized carbons (Fsp3) is 0.444. The van der Waals surface area contributed by atoms with Gasteiger partial charge in [0.1, 0.15) is 5.76 Å². The van der Waals surface area contributed by atoms with Crippen LogP contribution in [0, 0.1) is 13.8 Å². The molecule has 2 rings (SSSR count). The Morgan fingerprint density at radius 2 is 2.04 bits per heavy atom. The minimum atomic E-state index is -0.188. The standard InChI is InChI=1S/C18H25N3O3/c1-13(17-14(2)20-24-15(17)3)11-19-18(23)21(9-10-22)12-16-7-5-4-6-8-16/h4-8,13,22H,9-12H2,1-3H3,(H,19,23). The Morgan fingerprint density at radius 3 is 2.62 bits per heavy atom. The second-order valence-electron chi connectivity index (χ2n) is 5.96. The molecule has 2 aromatic rings. The van der Waals surface area contributed by atoms with Crippen molar-refractivity contribution in [1.29, 1.82) is 0 Å². The van der Waals surface area contributed by atoms with Crippen molar-refractivity contribution in [3.8, 4) is 0 Å². The average molecular weight is 331 g/mol. The summed E-state index contributed by atoms with van der Waals surface area (Å²) in [7, 11) is 0. The number of benzene rings is 1. The molecule has 24 heavy (non-hydrogen) atoms. The lowest BCUT2D eigenvalue weighted by Gasteiger charge is -2.23. The van der Waals surface area contributed by atoms with Crippen LogP contribution in [0.1, 0.15) is 35.4 Å². The van der Waals surface area contributed by atoms with Crippen molar-refractivity contribution < 1.29 is 14.4 Å². The summed E-state index contributed by atoms with van der Waals surface area (Å²) >= 11 is 0. The molecule has 0 radical (unpaired) electrons. The molecule has 0 aliphatic carbocycles. The molecule has 0 aliphatic rings. The van der Waals surface area contributed by atoms with Crippen LogP contribution < -0.4 is 5.32 Å². The van der Waals surface area contributed by atoms with E-state index in [1.165, 1.54) is 0 Å². The van der Waals surface area contributed by atoms with Crippen LogP contribution in [-0.4, -0.2) is 40.9 Å². The summed E-state index contributed by atoms with van der Waals surface area (Å²) in [6, 6.07) is 9.54. The molecule has 0 saturated heterocycles. The van der Waals surface area contributed by atoms with Crippen LogP contribution >= 0.6 is 0 Å². The Morgan fingerprint density at radius 1 is 1.33 bits per heavy atom. The molecule has 0 aliphatic heterocycles. The van der Waals surface area contributed by atoms with Crippen molar-refractivity contribution >= 4 is 6.03 Å². The Balaban J connectivity index is 1.95. The van der Waals surface area contributed by atoms with Gasteiger partial charge in [0.25, 0.3) is 0 Å². The topological polar surface area (TPSA) is 78.6 Å². The van der Waals surface area contributed by atoms with Crippen LogP contribution in [0.15, 0.2) is 34.9 Å². The molecule has 1 atom stereocenters. The highest BCUT2D eigenvalue weighted by Gasteiger charge is 2.19. The number of aromatic nitrogens is 1. The van der Waals surface area contributed by atoms with E-state index in [-0.39, 0.29) is 18.6 Å². The number of aryl methyl sites for hydroxylation is 2. The first-order valence-electron chi connectivity index (χ1n) is 8.13. The SMILES string of the molecule is Cc1noc(C)c1C(C)CNC(=O)N(CCO)Cc1ccccc1. The summed E-state index contributed by atoms with van der Waals surface area (Å²) in [5, 5.41) is 16.1. The second-order valence-corrected chi connectivity index (χ2v) is 5.96. The highest BCUT2D eigenvalue weighted by atomic mass is 16.5. The summed E-state index contributed by atoms with van der Waals surface area (Å²) in [5.41, 5.74) is 2.91. The van der Waals surface area contributed by atoms with E-state index in [1.807, 2.05) is 51.1 Å². The van der Waals surface area contributed by atoms with Gasteiger partial charge in [0.15, 0.2) is 0 Å². The number of aliphatic hydroxyl groups excluding tert-OH is 1. The quantitative estimate of drug-likeness (QED) is 0.817. The van der Waals surface area contributed by atoms with Crippen molar-refractivity contribution in [3.63, 3.8) is 0 Å². The summed E-state index contributed by atoms with van der Waals surface area (Å²) in [6.07, 6.45) is 0. The van der Waals surface area contributed by atoms with Gasteiger partial charge in [0, 0.05) is 31.1 Å². The molecule has 1 aromatic carbocycles. The Labute approximate surface area is 142 Å². The smallest absolute Gasteiger partial charge is 0.317 e. The molecular formula is C18H25N3O3. The van der Waals surface area contributed by atoms with Gasteiger partial charge in [-0.1, -0.05) is 42.4 Å². The van der Waals surface area contributed by atoms with Crippen LogP contribution in [0.2, 0.25) is 0 Å². The summed E-state index contributed by atoms with van der Waals surface area (Å²) in [4.78, 5) is 14.1. The first kappa shape index (κ1) is 18.0. The molecule has 130 valence electrons. The van der Waals surface area contributed by atoms with E-state index >= 15 is 0 Å². The highest BCUT2D eigenvalue weighted by molar-refractivity contribution is 5.74. The highest BCUT2D eigenvalue weighted by Crippen LogP contribution is 2.22. The maximum atomic E-state index is 12.4. The largest absolute Gasteiger partial charge is 0.395 e. The molecule has 1 unspecified atom stereocenters. The molecule has 0 saturated carbocycles. The van der Waals surface area contributed by atoms with E-state index in [2.05, 4.69) is 10.5 Å². The first-order chi connectivity index (χ1) is 11.5. The predicted octanol–water partition coefficient (Wildman–Crippen LogP) is 2.60. The van der Waals surface area contributed by atoms with Crippen LogP contribution in [0.4, 0.5) is 4.79 Å². The van der Waals surface area contributed by atoms with Gasteiger partial charge in [0.05, 0.1) is 12.3 Å². The number of aliphatic hydroxyl groups is 1. The number of hydrogen-bond acceptors (Lipinski definition) is 4. The van der Waals surface area contributed by atoms with E-state index in [0.717, 1.165) is 22.6 Å². The van der Waals surface area contributed by atoms with Crippen LogP contribution in [-0.2, 0) is 6.54 Å². The lowest BCUT2D eigenvalue weighted by molar-refractivity contribution is 0.173. The minimum Gasteiger partial charge on any atom is -0.395 e. The molecule has 6 nitrogen and oxygen atoms in total. The van der Waals surface area contributed by atoms with Crippen molar-refractivity contribution in [1.82, 2.24) is 15.4 Å². The predicted molar refractivity (Wildman–Crippen MR) is 91.7 cm³/mol. The van der Waals surface area contributed by atoms with Crippen LogP contribution in [0.3, 0.4) is 0 Å². The van der Waals surface area contributed by atoms with Gasteiger partial charge in [0.2, 0.25) is 0 Å². The number of carbonyl (C=O) groups excluding carboxylic acids is 1. The molecule has 0 spiro atoms. The molecule has 6 heteroatoms. The van der Waals surface area contributed by atoms with Gasteiger partial charge in [-0.25, -0.2) is 4.79 Å². The van der Waals surface area contributed by atoms with E-state index in [9.17, 15) is 9.90 Å². The van der Waals surface area contributed by atoms with Gasteiger partial charge in [-0.05, 0) is 19.4 Å². The maximum absolute atomic E-state index is 12.4. The second kappa shape index (κ2) is 8.49. The zero-order valence-electron chi connectivity index (χ0n) is 14.5. The number of amides is 2. The van der Waals surface area contributed by atoms with Gasteiger partial charge in [-0.15, -0.1) is 0 Å². The van der Waals surface area contributed by atoms with E-state index in [1.54, 1.807) is 4.90 Å². The van der Waals surface area contributed by atoms with Crippen molar-refractivity contribution in [2.45, 2.75) is 33.2 Å². The normalized spacial score (nSPS) is 12.0. The molecular weight excluding hydrogens is 306 g/mol. The van der Waals surface area contributed by atoms with Crippen LogP contribution in [0.25, 0.3) is 0 Å². The molecule has 1 heterocycles. The third kappa shape index (κ3) is 4.58. The number of nitrogens with one attached hydrogen (secondary N) is 1. The van der Waals surface area contributed by atoms with Gasteiger partial charge >= 0.3 is 6.03 Å². The van der Waals surface area contributed by atoms with Crippen molar-refractivity contribution in [2.75, 3.05) is 19.7 Å². The Hall–Kier alpha value is -2.34. The zero-order chi connectivity index (χ0) is 17.5. The van der Waals surface area contributed by atoms with Gasteiger partial charge in [-0.3, -0.25) is 0 Å². The minimum absolute atomic E-state index is 0.0698. The molecule has 2 amide bonds. The van der Waals surface area contributed by atoms with E-state index in [0.29, 0.717) is 19.6 Å². The van der Waals surface area contributed by atoms with E-state index < -0.39 is 0 Å². The molecule has 0 bridgehead atoms. The monoisotopic (exact) mass is 331 g/mol. The molecule has 1 aromatic heterocycles. The van der Waals surface area contributed by atoms with Crippen molar-refractivity contribution in [2.24, 2.45) is 0 Å². The fourth-order valence-electron chi connectivity index (χ4n) is 2.82. The summed E-state index contributed by atoms with van der Waals surface area (Å²) < 4.78 is 5.18. The number of nitrogens with zero attached hydrogens (tertiary/aromatic N) is 2. The van der Waals surface area contributed by atoms with Gasteiger partial charge in [-0.2, -0.15) is 0 Å². The summed E-state index contributed by atoms with van der Waals surface area (Å²) in [5.74, 6) is 0.888. The van der Waals surface area contributed by atoms with Gasteiger partial charge < -0.3 is 19.8 Å².